The van der Waals surface area contributed by atoms with Gasteiger partial charge >= 0.3 is 5.63 Å². The maximum absolute atomic E-state index is 11.7. The maximum Gasteiger partial charge on any atom is 0.336 e. The molecule has 0 amide bonds. The van der Waals surface area contributed by atoms with Crippen molar-refractivity contribution < 1.29 is 13.9 Å². The molecule has 130 valence electrons. The summed E-state index contributed by atoms with van der Waals surface area (Å²) in [5.41, 5.74) is 3.87. The van der Waals surface area contributed by atoms with Crippen molar-refractivity contribution in [2.24, 2.45) is 0 Å². The minimum Gasteiger partial charge on any atom is -0.506 e. The van der Waals surface area contributed by atoms with E-state index in [4.69, 9.17) is 8.83 Å². The Bertz CT molecular complexity index is 1030. The number of phenols is 1. The van der Waals surface area contributed by atoms with Crippen LogP contribution < -0.4 is 5.63 Å². The summed E-state index contributed by atoms with van der Waals surface area (Å²) >= 11 is 0. The highest BCUT2D eigenvalue weighted by Crippen LogP contribution is 2.37. The summed E-state index contributed by atoms with van der Waals surface area (Å²) in [4.78, 5) is 11.7. The van der Waals surface area contributed by atoms with Crippen molar-refractivity contribution in [1.29, 1.82) is 0 Å². The number of aromatic hydroxyl groups is 1. The van der Waals surface area contributed by atoms with Crippen LogP contribution in [0.25, 0.3) is 21.9 Å². The van der Waals surface area contributed by atoms with Gasteiger partial charge in [-0.2, -0.15) is 0 Å². The highest BCUT2D eigenvalue weighted by molar-refractivity contribution is 6.03. The molecule has 3 aromatic rings. The smallest absolute Gasteiger partial charge is 0.336 e. The molecule has 4 nitrogen and oxygen atoms in total. The lowest BCUT2D eigenvalue weighted by Gasteiger charge is -2.07. The van der Waals surface area contributed by atoms with E-state index in [0.717, 1.165) is 18.4 Å². The van der Waals surface area contributed by atoms with E-state index in [-0.39, 0.29) is 5.75 Å². The Morgan fingerprint density at radius 3 is 2.60 bits per heavy atom. The lowest BCUT2D eigenvalue weighted by atomic mass is 10.0. The quantitative estimate of drug-likeness (QED) is 0.494. The molecule has 2 aromatic heterocycles. The minimum atomic E-state index is -0.441. The van der Waals surface area contributed by atoms with Gasteiger partial charge < -0.3 is 13.9 Å². The van der Waals surface area contributed by atoms with E-state index in [2.05, 4.69) is 32.9 Å². The SMILES string of the molecule is CC(C)=CCC/C(C)=C/Cc1c2occc2c(O)c2ccc(=O)oc12. The van der Waals surface area contributed by atoms with Gasteiger partial charge in [0.05, 0.1) is 17.0 Å². The van der Waals surface area contributed by atoms with Gasteiger partial charge in [0.2, 0.25) is 0 Å². The molecule has 3 rings (SSSR count). The van der Waals surface area contributed by atoms with Gasteiger partial charge in [0, 0.05) is 11.6 Å². The molecule has 0 aliphatic carbocycles. The third-order valence-electron chi connectivity index (χ3n) is 4.30. The summed E-state index contributed by atoms with van der Waals surface area (Å²) in [7, 11) is 0. The predicted octanol–water partition coefficient (Wildman–Crippen LogP) is 5.48. The van der Waals surface area contributed by atoms with Crippen LogP contribution in [0.4, 0.5) is 0 Å². The Kier molecular flexibility index (Phi) is 4.79. The summed E-state index contributed by atoms with van der Waals surface area (Å²) in [5.74, 6) is 0.0792. The number of allylic oxidation sites excluding steroid dienone is 4. The summed E-state index contributed by atoms with van der Waals surface area (Å²) in [6, 6.07) is 4.64. The molecule has 2 heterocycles. The van der Waals surface area contributed by atoms with E-state index >= 15 is 0 Å². The summed E-state index contributed by atoms with van der Waals surface area (Å²) < 4.78 is 10.9. The highest BCUT2D eigenvalue weighted by Gasteiger charge is 2.17. The molecular formula is C21H22O4. The molecule has 0 fully saturated rings. The number of fused-ring (bicyclic) bond motifs is 2. The van der Waals surface area contributed by atoms with E-state index in [1.54, 1.807) is 12.1 Å². The minimum absolute atomic E-state index is 0.0792. The van der Waals surface area contributed by atoms with Gasteiger partial charge in [0.1, 0.15) is 16.9 Å². The van der Waals surface area contributed by atoms with Gasteiger partial charge in [-0.15, -0.1) is 0 Å². The molecule has 0 atom stereocenters. The maximum atomic E-state index is 11.7. The second-order valence-electron chi connectivity index (χ2n) is 6.56. The first-order valence-electron chi connectivity index (χ1n) is 8.41. The molecule has 25 heavy (non-hydrogen) atoms. The zero-order chi connectivity index (χ0) is 18.0. The number of furan rings is 1. The van der Waals surface area contributed by atoms with E-state index in [1.807, 2.05) is 0 Å². The van der Waals surface area contributed by atoms with Gasteiger partial charge in [-0.3, -0.25) is 0 Å². The van der Waals surface area contributed by atoms with Gasteiger partial charge in [-0.25, -0.2) is 4.79 Å². The molecule has 0 radical (unpaired) electrons. The van der Waals surface area contributed by atoms with Crippen LogP contribution in [-0.4, -0.2) is 5.11 Å². The van der Waals surface area contributed by atoms with Crippen molar-refractivity contribution in [2.75, 3.05) is 0 Å². The van der Waals surface area contributed by atoms with Crippen LogP contribution >= 0.6 is 0 Å². The van der Waals surface area contributed by atoms with Crippen LogP contribution in [0.15, 0.2) is 61.4 Å². The van der Waals surface area contributed by atoms with Crippen LogP contribution in [0, 0.1) is 0 Å². The molecule has 1 aromatic carbocycles. The number of phenolic OH excluding ortho intramolecular Hbond substituents is 1. The summed E-state index contributed by atoms with van der Waals surface area (Å²) in [6.07, 6.45) is 8.44. The average Bonchev–Trinajstić information content (AvgIpc) is 3.04. The van der Waals surface area contributed by atoms with Crippen molar-refractivity contribution >= 4 is 21.9 Å². The highest BCUT2D eigenvalue weighted by atomic mass is 16.4. The second-order valence-corrected chi connectivity index (χ2v) is 6.56. The Balaban J connectivity index is 2.03. The van der Waals surface area contributed by atoms with Crippen molar-refractivity contribution in [3.63, 3.8) is 0 Å². The Labute approximate surface area is 146 Å². The van der Waals surface area contributed by atoms with Crippen LogP contribution in [0.3, 0.4) is 0 Å². The number of rotatable bonds is 5. The predicted molar refractivity (Wildman–Crippen MR) is 100 cm³/mol. The van der Waals surface area contributed by atoms with E-state index in [9.17, 15) is 9.90 Å². The van der Waals surface area contributed by atoms with E-state index < -0.39 is 5.63 Å². The Hall–Kier alpha value is -2.75. The lowest BCUT2D eigenvalue weighted by molar-refractivity contribution is 0.484. The van der Waals surface area contributed by atoms with Crippen LogP contribution in [-0.2, 0) is 6.42 Å². The van der Waals surface area contributed by atoms with Gasteiger partial charge in [-0.1, -0.05) is 23.3 Å². The van der Waals surface area contributed by atoms with E-state index in [1.165, 1.54) is 23.5 Å². The summed E-state index contributed by atoms with van der Waals surface area (Å²) in [6.45, 7) is 6.28. The standard InChI is InChI=1S/C21H22O4/c1-13(2)5-4-6-14(3)7-8-17-20-16(11-12-24-20)19(23)15-9-10-18(22)25-21(15)17/h5,7,9-12,23H,4,6,8H2,1-3H3/b14-7+. The Morgan fingerprint density at radius 2 is 1.84 bits per heavy atom. The average molecular weight is 338 g/mol. The van der Waals surface area contributed by atoms with Gasteiger partial charge in [0.15, 0.2) is 0 Å². The topological polar surface area (TPSA) is 63.6 Å². The van der Waals surface area contributed by atoms with Crippen LogP contribution in [0.2, 0.25) is 0 Å². The van der Waals surface area contributed by atoms with E-state index in [0.29, 0.717) is 28.4 Å². The molecule has 4 heteroatoms. The number of hydrogen-bond acceptors (Lipinski definition) is 4. The monoisotopic (exact) mass is 338 g/mol. The molecule has 0 saturated heterocycles. The fourth-order valence-electron chi connectivity index (χ4n) is 2.96. The first-order chi connectivity index (χ1) is 12.0. The largest absolute Gasteiger partial charge is 0.506 e. The second kappa shape index (κ2) is 7.01. The first kappa shape index (κ1) is 17.1. The number of benzene rings is 1. The third-order valence-corrected chi connectivity index (χ3v) is 4.30. The summed E-state index contributed by atoms with van der Waals surface area (Å²) in [5, 5.41) is 11.6. The molecule has 0 aliphatic rings. The molecule has 0 saturated carbocycles. The first-order valence-corrected chi connectivity index (χ1v) is 8.41. The van der Waals surface area contributed by atoms with Crippen LogP contribution in [0.5, 0.6) is 5.75 Å². The van der Waals surface area contributed by atoms with Crippen molar-refractivity contribution in [3.05, 3.63) is 63.7 Å². The van der Waals surface area contributed by atoms with Crippen molar-refractivity contribution in [1.82, 2.24) is 0 Å². The van der Waals surface area contributed by atoms with Crippen molar-refractivity contribution in [3.8, 4) is 5.75 Å². The van der Waals surface area contributed by atoms with Crippen LogP contribution in [0.1, 0.15) is 39.2 Å². The normalized spacial score (nSPS) is 12.0. The fourth-order valence-corrected chi connectivity index (χ4v) is 2.96. The zero-order valence-electron chi connectivity index (χ0n) is 14.8. The molecule has 0 spiro atoms. The van der Waals surface area contributed by atoms with Gasteiger partial charge in [-0.05, 0) is 52.2 Å². The third kappa shape index (κ3) is 3.53. The Morgan fingerprint density at radius 1 is 1.08 bits per heavy atom. The fraction of sp³-hybridized carbons (Fsp3) is 0.286. The van der Waals surface area contributed by atoms with Gasteiger partial charge in [0.25, 0.3) is 0 Å². The zero-order valence-corrected chi connectivity index (χ0v) is 14.8. The molecule has 0 unspecified atom stereocenters. The molecular weight excluding hydrogens is 316 g/mol. The lowest BCUT2D eigenvalue weighted by Crippen LogP contribution is -1.98. The molecule has 1 N–H and O–H groups in total. The van der Waals surface area contributed by atoms with Crippen molar-refractivity contribution in [2.45, 2.75) is 40.0 Å². The molecule has 0 aliphatic heterocycles. The number of hydrogen-bond donors (Lipinski definition) is 1. The molecule has 0 bridgehead atoms.